The van der Waals surface area contributed by atoms with Crippen molar-refractivity contribution in [2.24, 2.45) is 35.0 Å². The van der Waals surface area contributed by atoms with Gasteiger partial charge in [0.1, 0.15) is 0 Å². The maximum Gasteiger partial charge on any atom is -0.0266 e. The molecule has 4 bridgehead atoms. The normalized spacial score (nSPS) is 60.6. The van der Waals surface area contributed by atoms with Crippen LogP contribution in [-0.2, 0) is 0 Å². The Hall–Kier alpha value is 0. The maximum atomic E-state index is 2.56. The summed E-state index contributed by atoms with van der Waals surface area (Å²) in [5, 5.41) is 0. The highest BCUT2D eigenvalue weighted by atomic mass is 14.6. The topological polar surface area (TPSA) is 0 Å². The molecule has 0 nitrogen and oxygen atoms in total. The molecule has 0 aromatic carbocycles. The van der Waals surface area contributed by atoms with E-state index in [0.29, 0.717) is 0 Å². The van der Waals surface area contributed by atoms with Gasteiger partial charge < -0.3 is 0 Å². The fourth-order valence-corrected chi connectivity index (χ4v) is 5.40. The summed E-state index contributed by atoms with van der Waals surface area (Å²) in [6.45, 7) is 7.53. The molecule has 0 N–H and O–H groups in total. The van der Waals surface area contributed by atoms with E-state index in [0.717, 1.165) is 35.0 Å². The lowest BCUT2D eigenvalue weighted by molar-refractivity contribution is -0.136. The van der Waals surface area contributed by atoms with Gasteiger partial charge in [0.05, 0.1) is 0 Å². The lowest BCUT2D eigenvalue weighted by atomic mass is 9.42. The van der Waals surface area contributed by atoms with Crippen molar-refractivity contribution in [3.63, 3.8) is 0 Å². The first-order valence-corrected chi connectivity index (χ1v) is 6.66. The summed E-state index contributed by atoms with van der Waals surface area (Å²) in [5.74, 6) is 5.37. The second kappa shape index (κ2) is 2.77. The van der Waals surface area contributed by atoms with E-state index in [1.165, 1.54) is 6.42 Å². The van der Waals surface area contributed by atoms with Crippen molar-refractivity contribution in [2.45, 2.75) is 52.9 Å². The predicted octanol–water partition coefficient (Wildman–Crippen LogP) is 4.10. The molecule has 6 unspecified atom stereocenters. The summed E-state index contributed by atoms with van der Waals surface area (Å²) in [7, 11) is 0. The van der Waals surface area contributed by atoms with Gasteiger partial charge in [-0.15, -0.1) is 0 Å². The van der Waals surface area contributed by atoms with Gasteiger partial charge in [-0.1, -0.05) is 27.2 Å². The smallest absolute Gasteiger partial charge is 0.0266 e. The largest absolute Gasteiger partial charge is 0.0648 e. The number of hydrogen-bond acceptors (Lipinski definition) is 0. The third-order valence-electron chi connectivity index (χ3n) is 6.34. The van der Waals surface area contributed by atoms with Gasteiger partial charge in [0.25, 0.3) is 0 Å². The van der Waals surface area contributed by atoms with Crippen LogP contribution in [0.25, 0.3) is 0 Å². The Balaban J connectivity index is 1.97. The molecule has 0 aromatic rings. The summed E-state index contributed by atoms with van der Waals surface area (Å²) in [6.07, 6.45) is 7.74. The molecule has 0 aliphatic heterocycles. The van der Waals surface area contributed by atoms with Crippen LogP contribution in [0.4, 0.5) is 0 Å². The minimum atomic E-state index is 0.781. The van der Waals surface area contributed by atoms with Crippen LogP contribution < -0.4 is 0 Å². The Kier molecular flexibility index (Phi) is 1.83. The SMILES string of the molecule is CCC12CC3CC(C1)C(C)C(C3)C2C. The predicted molar refractivity (Wildman–Crippen MR) is 60.0 cm³/mol. The molecule has 0 heterocycles. The Morgan fingerprint density at radius 1 is 1.14 bits per heavy atom. The van der Waals surface area contributed by atoms with Crippen molar-refractivity contribution < 1.29 is 0 Å². The average molecular weight is 192 g/mol. The van der Waals surface area contributed by atoms with Crippen LogP contribution in [-0.4, -0.2) is 0 Å². The molecule has 4 fully saturated rings. The Morgan fingerprint density at radius 3 is 2.64 bits per heavy atom. The third-order valence-corrected chi connectivity index (χ3v) is 6.34. The van der Waals surface area contributed by atoms with Crippen molar-refractivity contribution >= 4 is 0 Å². The highest BCUT2D eigenvalue weighted by Crippen LogP contribution is 2.65. The minimum absolute atomic E-state index is 0.781. The zero-order valence-corrected chi connectivity index (χ0v) is 9.92. The molecule has 4 aliphatic rings. The Bertz CT molecular complexity index is 244. The fraction of sp³-hybridized carbons (Fsp3) is 1.00. The fourth-order valence-electron chi connectivity index (χ4n) is 5.40. The van der Waals surface area contributed by atoms with E-state index in [-0.39, 0.29) is 0 Å². The van der Waals surface area contributed by atoms with Gasteiger partial charge in [0, 0.05) is 0 Å². The summed E-state index contributed by atoms with van der Waals surface area (Å²) < 4.78 is 0. The molecular weight excluding hydrogens is 168 g/mol. The summed E-state index contributed by atoms with van der Waals surface area (Å²) >= 11 is 0. The molecule has 0 amide bonds. The van der Waals surface area contributed by atoms with Crippen LogP contribution in [0.15, 0.2) is 0 Å². The highest BCUT2D eigenvalue weighted by Gasteiger charge is 2.56. The first-order valence-electron chi connectivity index (χ1n) is 6.66. The van der Waals surface area contributed by atoms with E-state index in [2.05, 4.69) is 20.8 Å². The van der Waals surface area contributed by atoms with Crippen LogP contribution in [0.1, 0.15) is 52.9 Å². The van der Waals surface area contributed by atoms with Gasteiger partial charge in [-0.3, -0.25) is 0 Å². The lowest BCUT2D eigenvalue weighted by Crippen LogP contribution is -2.55. The second-order valence-electron chi connectivity index (χ2n) is 6.53. The number of rotatable bonds is 1. The zero-order valence-electron chi connectivity index (χ0n) is 9.92. The van der Waals surface area contributed by atoms with Crippen LogP contribution in [0.5, 0.6) is 0 Å². The molecule has 0 aromatic heterocycles. The van der Waals surface area contributed by atoms with E-state index < -0.39 is 0 Å². The monoisotopic (exact) mass is 192 g/mol. The molecule has 0 spiro atoms. The lowest BCUT2D eigenvalue weighted by Gasteiger charge is -2.63. The summed E-state index contributed by atoms with van der Waals surface area (Å²) in [4.78, 5) is 0. The van der Waals surface area contributed by atoms with Crippen molar-refractivity contribution in [3.8, 4) is 0 Å². The molecule has 4 rings (SSSR count). The zero-order chi connectivity index (χ0) is 9.92. The molecular formula is C14H24. The Labute approximate surface area is 88.5 Å². The van der Waals surface area contributed by atoms with E-state index in [9.17, 15) is 0 Å². The molecule has 6 atom stereocenters. The van der Waals surface area contributed by atoms with Crippen molar-refractivity contribution in [1.29, 1.82) is 0 Å². The second-order valence-corrected chi connectivity index (χ2v) is 6.53. The van der Waals surface area contributed by atoms with Crippen molar-refractivity contribution in [2.75, 3.05) is 0 Å². The molecule has 4 aliphatic carbocycles. The van der Waals surface area contributed by atoms with Crippen molar-refractivity contribution in [3.05, 3.63) is 0 Å². The first kappa shape index (κ1) is 9.24. The van der Waals surface area contributed by atoms with Gasteiger partial charge in [-0.05, 0) is 60.7 Å². The molecule has 4 saturated carbocycles. The molecule has 0 heteroatoms. The Morgan fingerprint density at radius 2 is 1.93 bits per heavy atom. The molecule has 80 valence electrons. The summed E-state index contributed by atoms with van der Waals surface area (Å²) in [6, 6.07) is 0. The van der Waals surface area contributed by atoms with E-state index in [1.54, 1.807) is 25.7 Å². The van der Waals surface area contributed by atoms with Gasteiger partial charge >= 0.3 is 0 Å². The van der Waals surface area contributed by atoms with Gasteiger partial charge in [0.2, 0.25) is 0 Å². The van der Waals surface area contributed by atoms with E-state index in [4.69, 9.17) is 0 Å². The molecule has 14 heavy (non-hydrogen) atoms. The van der Waals surface area contributed by atoms with Crippen molar-refractivity contribution in [1.82, 2.24) is 0 Å². The quantitative estimate of drug-likeness (QED) is 0.586. The average Bonchev–Trinajstić information content (AvgIpc) is 2.20. The molecule has 0 radical (unpaired) electrons. The van der Waals surface area contributed by atoms with E-state index in [1.807, 2.05) is 0 Å². The van der Waals surface area contributed by atoms with Gasteiger partial charge in [-0.2, -0.15) is 0 Å². The van der Waals surface area contributed by atoms with Crippen LogP contribution in [0.2, 0.25) is 0 Å². The third kappa shape index (κ3) is 0.955. The molecule has 0 saturated heterocycles. The van der Waals surface area contributed by atoms with Gasteiger partial charge in [-0.25, -0.2) is 0 Å². The standard InChI is InChI=1S/C14H24/c1-4-14-7-11-5-12(8-14)9(2)13(6-11)10(14)3/h9-13H,4-8H2,1-3H3. The summed E-state index contributed by atoms with van der Waals surface area (Å²) in [5.41, 5.74) is 0.781. The van der Waals surface area contributed by atoms with Crippen LogP contribution >= 0.6 is 0 Å². The minimum Gasteiger partial charge on any atom is -0.0648 e. The van der Waals surface area contributed by atoms with Gasteiger partial charge in [0.15, 0.2) is 0 Å². The van der Waals surface area contributed by atoms with Crippen LogP contribution in [0.3, 0.4) is 0 Å². The first-order chi connectivity index (χ1) is 6.66. The highest BCUT2D eigenvalue weighted by molar-refractivity contribution is 5.06. The maximum absolute atomic E-state index is 2.56. The van der Waals surface area contributed by atoms with E-state index >= 15 is 0 Å². The van der Waals surface area contributed by atoms with Crippen LogP contribution in [0, 0.1) is 35.0 Å². The number of hydrogen-bond donors (Lipinski definition) is 0.